The summed E-state index contributed by atoms with van der Waals surface area (Å²) in [5.74, 6) is -2.40. The van der Waals surface area contributed by atoms with E-state index < -0.39 is 33.6 Å². The first-order chi connectivity index (χ1) is 14.2. The summed E-state index contributed by atoms with van der Waals surface area (Å²) in [6.07, 6.45) is 0. The maximum Gasteiger partial charge on any atom is 0.254 e. The number of nitrogens with one attached hydrogen (secondary N) is 1. The van der Waals surface area contributed by atoms with Crippen LogP contribution in [0.4, 0.5) is 8.78 Å². The van der Waals surface area contributed by atoms with Crippen LogP contribution >= 0.6 is 11.3 Å². The van der Waals surface area contributed by atoms with Crippen LogP contribution in [-0.2, 0) is 16.6 Å². The van der Waals surface area contributed by atoms with Crippen LogP contribution in [-0.4, -0.2) is 26.3 Å². The van der Waals surface area contributed by atoms with E-state index in [0.717, 1.165) is 17.0 Å². The molecule has 0 bridgehead atoms. The smallest absolute Gasteiger partial charge is 0.254 e. The van der Waals surface area contributed by atoms with Crippen molar-refractivity contribution in [1.82, 2.24) is 9.62 Å². The molecule has 0 saturated carbocycles. The van der Waals surface area contributed by atoms with Crippen LogP contribution < -0.4 is 4.72 Å². The van der Waals surface area contributed by atoms with Crippen LogP contribution in [0.25, 0.3) is 0 Å². The number of benzene rings is 2. The molecule has 0 saturated heterocycles. The molecule has 1 N–H and O–H groups in total. The van der Waals surface area contributed by atoms with Gasteiger partial charge in [-0.15, -0.1) is 11.3 Å². The maximum absolute atomic E-state index is 13.5. The Labute approximate surface area is 178 Å². The van der Waals surface area contributed by atoms with Crippen molar-refractivity contribution in [2.45, 2.75) is 24.4 Å². The summed E-state index contributed by atoms with van der Waals surface area (Å²) < 4.78 is 54.4. The minimum Gasteiger partial charge on any atom is -0.335 e. The van der Waals surface area contributed by atoms with Gasteiger partial charge in [0.25, 0.3) is 5.91 Å². The molecule has 3 rings (SSSR count). The Kier molecular flexibility index (Phi) is 6.64. The van der Waals surface area contributed by atoms with E-state index in [9.17, 15) is 22.0 Å². The summed E-state index contributed by atoms with van der Waals surface area (Å²) in [6, 6.07) is 12.3. The summed E-state index contributed by atoms with van der Waals surface area (Å²) >= 11 is 1.44. The summed E-state index contributed by atoms with van der Waals surface area (Å²) in [5, 5.41) is 1.85. The Morgan fingerprint density at radius 3 is 2.53 bits per heavy atom. The van der Waals surface area contributed by atoms with Gasteiger partial charge in [0.15, 0.2) is 11.6 Å². The van der Waals surface area contributed by atoms with Crippen molar-refractivity contribution in [1.29, 1.82) is 0 Å². The molecule has 0 aliphatic rings. The van der Waals surface area contributed by atoms with Gasteiger partial charge >= 0.3 is 0 Å². The van der Waals surface area contributed by atoms with Crippen LogP contribution in [0.2, 0.25) is 0 Å². The zero-order valence-electron chi connectivity index (χ0n) is 16.3. The Morgan fingerprint density at radius 2 is 1.87 bits per heavy atom. The van der Waals surface area contributed by atoms with Crippen molar-refractivity contribution in [3.05, 3.63) is 87.6 Å². The molecule has 30 heavy (non-hydrogen) atoms. The Morgan fingerprint density at radius 1 is 1.10 bits per heavy atom. The fourth-order valence-electron chi connectivity index (χ4n) is 2.83. The molecule has 5 nitrogen and oxygen atoms in total. The lowest BCUT2D eigenvalue weighted by atomic mass is 10.1. The highest BCUT2D eigenvalue weighted by Crippen LogP contribution is 2.23. The highest BCUT2D eigenvalue weighted by molar-refractivity contribution is 7.89. The Bertz CT molecular complexity index is 1150. The van der Waals surface area contributed by atoms with Gasteiger partial charge in [-0.3, -0.25) is 4.79 Å². The Balaban J connectivity index is 1.78. The molecule has 0 aliphatic heterocycles. The van der Waals surface area contributed by atoms with E-state index in [4.69, 9.17) is 0 Å². The Hall–Kier alpha value is -2.62. The molecule has 0 fully saturated rings. The number of amides is 1. The number of sulfonamides is 1. The molecule has 1 unspecified atom stereocenters. The van der Waals surface area contributed by atoms with Crippen LogP contribution in [0.5, 0.6) is 0 Å². The molecule has 0 spiro atoms. The van der Waals surface area contributed by atoms with Gasteiger partial charge in [-0.2, -0.15) is 0 Å². The van der Waals surface area contributed by atoms with Gasteiger partial charge in [0.2, 0.25) is 10.0 Å². The molecule has 0 radical (unpaired) electrons. The SMILES string of the molecule is CC(c1ccc(F)c(F)c1)N(C)C(=O)c1cccc(S(=O)(=O)NCc2cccs2)c1. The molecular weight excluding hydrogens is 430 g/mol. The molecule has 2 aromatic carbocycles. The van der Waals surface area contributed by atoms with Gasteiger partial charge in [-0.1, -0.05) is 18.2 Å². The largest absolute Gasteiger partial charge is 0.335 e. The topological polar surface area (TPSA) is 66.5 Å². The van der Waals surface area contributed by atoms with Gasteiger partial charge in [-0.25, -0.2) is 21.9 Å². The fraction of sp³-hybridized carbons (Fsp3) is 0.190. The summed E-state index contributed by atoms with van der Waals surface area (Å²) in [6.45, 7) is 1.83. The molecule has 1 aromatic heterocycles. The van der Waals surface area contributed by atoms with E-state index in [-0.39, 0.29) is 17.0 Å². The minimum atomic E-state index is -3.81. The summed E-state index contributed by atoms with van der Waals surface area (Å²) in [4.78, 5) is 15.1. The van der Waals surface area contributed by atoms with Crippen LogP contribution in [0, 0.1) is 11.6 Å². The van der Waals surface area contributed by atoms with Gasteiger partial charge < -0.3 is 4.90 Å². The molecule has 1 amide bonds. The van der Waals surface area contributed by atoms with Gasteiger partial charge in [0.1, 0.15) is 0 Å². The number of rotatable bonds is 7. The zero-order chi connectivity index (χ0) is 21.9. The molecule has 9 heteroatoms. The van der Waals surface area contributed by atoms with Crippen LogP contribution in [0.3, 0.4) is 0 Å². The lowest BCUT2D eigenvalue weighted by Gasteiger charge is -2.25. The quantitative estimate of drug-likeness (QED) is 0.582. The average molecular weight is 451 g/mol. The lowest BCUT2D eigenvalue weighted by molar-refractivity contribution is 0.0742. The number of carbonyl (C=O) groups is 1. The van der Waals surface area contributed by atoms with Crippen molar-refractivity contribution < 1.29 is 22.0 Å². The number of hydrogen-bond acceptors (Lipinski definition) is 4. The first kappa shape index (κ1) is 22.1. The molecule has 1 atom stereocenters. The number of carbonyl (C=O) groups excluding carboxylic acids is 1. The predicted octanol–water partition coefficient (Wildman–Crippen LogP) is 4.34. The number of halogens is 2. The van der Waals surface area contributed by atoms with Crippen molar-refractivity contribution in [3.63, 3.8) is 0 Å². The second-order valence-electron chi connectivity index (χ2n) is 6.70. The first-order valence-corrected chi connectivity index (χ1v) is 11.4. The second-order valence-corrected chi connectivity index (χ2v) is 9.50. The highest BCUT2D eigenvalue weighted by atomic mass is 32.2. The van der Waals surface area contributed by atoms with Crippen LogP contribution in [0.1, 0.15) is 33.8 Å². The first-order valence-electron chi connectivity index (χ1n) is 9.03. The third-order valence-corrected chi connectivity index (χ3v) is 7.01. The standard InChI is InChI=1S/C21H20F2N2O3S2/c1-14(15-8-9-19(22)20(23)12-15)25(2)21(26)16-5-3-7-18(11-16)30(27,28)24-13-17-6-4-10-29-17/h3-12,14,24H,13H2,1-2H3. The van der Waals surface area contributed by atoms with Crippen molar-refractivity contribution in [2.75, 3.05) is 7.05 Å². The third kappa shape index (κ3) is 4.92. The molecule has 1 heterocycles. The van der Waals surface area contributed by atoms with Crippen LogP contribution in [0.15, 0.2) is 64.9 Å². The van der Waals surface area contributed by atoms with Crippen molar-refractivity contribution in [2.24, 2.45) is 0 Å². The van der Waals surface area contributed by atoms with E-state index in [2.05, 4.69) is 4.72 Å². The number of thiophene rings is 1. The fourth-order valence-corrected chi connectivity index (χ4v) is 4.62. The van der Waals surface area contributed by atoms with Gasteiger partial charge in [-0.05, 0) is 54.3 Å². The lowest BCUT2D eigenvalue weighted by Crippen LogP contribution is -2.30. The van der Waals surface area contributed by atoms with E-state index in [0.29, 0.717) is 5.56 Å². The van der Waals surface area contributed by atoms with Gasteiger partial charge in [0, 0.05) is 24.0 Å². The van der Waals surface area contributed by atoms with E-state index in [1.54, 1.807) is 6.92 Å². The van der Waals surface area contributed by atoms with Gasteiger partial charge in [0.05, 0.1) is 10.9 Å². The van der Waals surface area contributed by atoms with E-state index in [1.807, 2.05) is 17.5 Å². The highest BCUT2D eigenvalue weighted by Gasteiger charge is 2.22. The molecule has 0 aliphatic carbocycles. The van der Waals surface area contributed by atoms with Crippen molar-refractivity contribution >= 4 is 27.3 Å². The monoisotopic (exact) mass is 450 g/mol. The number of nitrogens with zero attached hydrogens (tertiary/aromatic N) is 1. The maximum atomic E-state index is 13.5. The normalized spacial score (nSPS) is 12.5. The molecular formula is C21H20F2N2O3S2. The van der Waals surface area contributed by atoms with E-state index >= 15 is 0 Å². The minimum absolute atomic E-state index is 0.0289. The van der Waals surface area contributed by atoms with Crippen molar-refractivity contribution in [3.8, 4) is 0 Å². The summed E-state index contributed by atoms with van der Waals surface area (Å²) in [7, 11) is -2.29. The predicted molar refractivity (Wildman–Crippen MR) is 112 cm³/mol. The second kappa shape index (κ2) is 9.03. The average Bonchev–Trinajstić information content (AvgIpc) is 3.26. The molecule has 158 valence electrons. The van der Waals surface area contributed by atoms with E-state index in [1.165, 1.54) is 53.6 Å². The third-order valence-electron chi connectivity index (χ3n) is 4.74. The zero-order valence-corrected chi connectivity index (χ0v) is 17.9. The summed E-state index contributed by atoms with van der Waals surface area (Å²) in [5.41, 5.74) is 0.595. The molecule has 3 aromatic rings. The number of hydrogen-bond donors (Lipinski definition) is 1.